The van der Waals surface area contributed by atoms with Crippen LogP contribution in [0.2, 0.25) is 37.8 Å². The Morgan fingerprint density at radius 3 is 1.15 bits per heavy atom. The van der Waals surface area contributed by atoms with Crippen LogP contribution in [0.25, 0.3) is 0 Å². The van der Waals surface area contributed by atoms with E-state index >= 15 is 0 Å². The largest absolute Gasteiger partial charge is 0.435 e. The van der Waals surface area contributed by atoms with E-state index in [0.29, 0.717) is 0 Å². The maximum absolute atomic E-state index is 12.5. The molecular weight excluding hydrogens is 431 g/mol. The van der Waals surface area contributed by atoms with Crippen LogP contribution < -0.4 is 0 Å². The summed E-state index contributed by atoms with van der Waals surface area (Å²) < 4.78 is 124. The maximum atomic E-state index is 12.5. The minimum Gasteiger partial charge on any atom is -0.435 e. The van der Waals surface area contributed by atoms with Crippen LogP contribution in [-0.4, -0.2) is 45.2 Å². The molecule has 2 radical (unpaired) electrons. The van der Waals surface area contributed by atoms with Crippen LogP contribution >= 0.6 is 0 Å². The van der Waals surface area contributed by atoms with E-state index in [2.05, 4.69) is 0 Å². The lowest BCUT2D eigenvalue weighted by Gasteiger charge is -2.33. The van der Waals surface area contributed by atoms with Gasteiger partial charge in [-0.15, -0.1) is 0 Å². The highest BCUT2D eigenvalue weighted by Gasteiger charge is 2.45. The normalized spacial score (nSPS) is 14.8. The van der Waals surface area contributed by atoms with Gasteiger partial charge in [0, 0.05) is 19.3 Å². The fourth-order valence-electron chi connectivity index (χ4n) is 1.87. The Morgan fingerprint density at radius 2 is 0.923 bits per heavy atom. The highest BCUT2D eigenvalue weighted by Crippen LogP contribution is 2.38. The van der Waals surface area contributed by atoms with E-state index in [-0.39, 0.29) is 0 Å². The second-order valence-electron chi connectivity index (χ2n) is 6.93. The Labute approximate surface area is 150 Å². The molecule has 0 saturated carbocycles. The molecular formula is C12H21F9O2Si3. The summed E-state index contributed by atoms with van der Waals surface area (Å²) in [4.78, 5) is 0. The minimum atomic E-state index is -4.69. The molecule has 0 bridgehead atoms. The summed E-state index contributed by atoms with van der Waals surface area (Å²) in [6, 6.07) is -2.57. The standard InChI is InChI=1S/C12H21F9O2Si3/c1-25(2,3)22-24-23-26(7-4-10(13,14)15,8-5-11(16,17)18)9-6-12(19,20)21/h4-9H2,1-3H3. The molecule has 0 aliphatic rings. The SMILES string of the molecule is C[Si](C)(C)O[Si]O[Si](CCC(F)(F)F)(CCC(F)(F)F)CCC(F)(F)F. The van der Waals surface area contributed by atoms with Gasteiger partial charge in [-0.1, -0.05) is 0 Å². The molecule has 0 aromatic carbocycles. The van der Waals surface area contributed by atoms with Gasteiger partial charge in [0.25, 0.3) is 0 Å². The van der Waals surface area contributed by atoms with Crippen LogP contribution in [0, 0.1) is 0 Å². The third-order valence-electron chi connectivity index (χ3n) is 3.20. The maximum Gasteiger partial charge on any atom is 0.410 e. The van der Waals surface area contributed by atoms with E-state index in [4.69, 9.17) is 8.23 Å². The molecule has 0 aromatic rings. The van der Waals surface area contributed by atoms with Crippen molar-refractivity contribution >= 4 is 26.6 Å². The predicted octanol–water partition coefficient (Wildman–Crippen LogP) is 6.19. The molecule has 0 aromatic heterocycles. The fraction of sp³-hybridized carbons (Fsp3) is 1.00. The zero-order valence-electron chi connectivity index (χ0n) is 14.5. The number of hydrogen-bond donors (Lipinski definition) is 0. The molecule has 0 fully saturated rings. The van der Waals surface area contributed by atoms with Gasteiger partial charge in [0.05, 0.1) is 0 Å². The minimum absolute atomic E-state index is 0.856. The van der Waals surface area contributed by atoms with E-state index in [1.807, 2.05) is 0 Å². The van der Waals surface area contributed by atoms with E-state index in [9.17, 15) is 39.5 Å². The summed E-state index contributed by atoms with van der Waals surface area (Å²) in [7, 11) is -7.03. The number of alkyl halides is 9. The lowest BCUT2D eigenvalue weighted by molar-refractivity contribution is -0.133. The van der Waals surface area contributed by atoms with E-state index in [0.717, 1.165) is 0 Å². The molecule has 0 aliphatic carbocycles. The zero-order chi connectivity index (χ0) is 20.9. The summed E-state index contributed by atoms with van der Waals surface area (Å²) >= 11 is 0. The molecule has 26 heavy (non-hydrogen) atoms. The molecule has 0 rings (SSSR count). The number of hydrogen-bond acceptors (Lipinski definition) is 2. The lowest BCUT2D eigenvalue weighted by atomic mass is 10.5. The van der Waals surface area contributed by atoms with Crippen molar-refractivity contribution in [2.45, 2.75) is 75.6 Å². The van der Waals surface area contributed by atoms with Crippen LogP contribution in [-0.2, 0) is 8.23 Å². The Bertz CT molecular complexity index is 371. The smallest absolute Gasteiger partial charge is 0.410 e. The van der Waals surface area contributed by atoms with Gasteiger partial charge in [0.1, 0.15) is 0 Å². The van der Waals surface area contributed by atoms with E-state index in [1.54, 1.807) is 19.6 Å². The molecule has 0 saturated heterocycles. The molecule has 14 heteroatoms. The van der Waals surface area contributed by atoms with Crippen molar-refractivity contribution in [3.63, 3.8) is 0 Å². The highest BCUT2D eigenvalue weighted by molar-refractivity contribution is 6.79. The average Bonchev–Trinajstić information content (AvgIpc) is 2.36. The summed E-state index contributed by atoms with van der Waals surface area (Å²) in [5.74, 6) is 0. The summed E-state index contributed by atoms with van der Waals surface area (Å²) in [6.45, 7) is 5.15. The zero-order valence-corrected chi connectivity index (χ0v) is 17.5. The average molecular weight is 453 g/mol. The molecule has 0 unspecified atom stereocenters. The summed E-state index contributed by atoms with van der Waals surface area (Å²) in [5.41, 5.74) is 0. The van der Waals surface area contributed by atoms with Crippen molar-refractivity contribution in [2.24, 2.45) is 0 Å². The van der Waals surface area contributed by atoms with Gasteiger partial charge >= 0.3 is 28.5 Å². The van der Waals surface area contributed by atoms with Gasteiger partial charge in [0.15, 0.2) is 16.6 Å². The third-order valence-corrected chi connectivity index (χ3v) is 11.5. The predicted molar refractivity (Wildman–Crippen MR) is 83.5 cm³/mol. The summed E-state index contributed by atoms with van der Waals surface area (Å²) in [5, 5.41) is 0. The molecule has 0 N–H and O–H groups in total. The van der Waals surface area contributed by atoms with Gasteiger partial charge in [-0.25, -0.2) is 0 Å². The molecule has 0 spiro atoms. The van der Waals surface area contributed by atoms with Crippen molar-refractivity contribution in [1.82, 2.24) is 0 Å². The molecule has 0 aliphatic heterocycles. The quantitative estimate of drug-likeness (QED) is 0.291. The van der Waals surface area contributed by atoms with Crippen LogP contribution in [0.3, 0.4) is 0 Å². The first kappa shape index (κ1) is 25.9. The van der Waals surface area contributed by atoms with Gasteiger partial charge in [0.2, 0.25) is 0 Å². The number of rotatable bonds is 10. The molecule has 0 heterocycles. The Hall–Kier alpha value is -0.0594. The summed E-state index contributed by atoms with van der Waals surface area (Å²) in [6.07, 6.45) is -18.5. The van der Waals surface area contributed by atoms with Crippen molar-refractivity contribution in [1.29, 1.82) is 0 Å². The Morgan fingerprint density at radius 1 is 0.615 bits per heavy atom. The van der Waals surface area contributed by atoms with E-state index < -0.39 is 82.6 Å². The second-order valence-corrected chi connectivity index (χ2v) is 16.8. The van der Waals surface area contributed by atoms with Crippen LogP contribution in [0.4, 0.5) is 39.5 Å². The highest BCUT2D eigenvalue weighted by atomic mass is 28.4. The molecule has 2 nitrogen and oxygen atoms in total. The van der Waals surface area contributed by atoms with Crippen LogP contribution in [0.15, 0.2) is 0 Å². The Balaban J connectivity index is 5.35. The Kier molecular flexibility index (Phi) is 9.41. The van der Waals surface area contributed by atoms with Crippen molar-refractivity contribution in [2.75, 3.05) is 0 Å². The third kappa shape index (κ3) is 15.0. The first-order chi connectivity index (χ1) is 11.3. The number of halogens is 9. The van der Waals surface area contributed by atoms with E-state index in [1.165, 1.54) is 0 Å². The van der Waals surface area contributed by atoms with Crippen molar-refractivity contribution in [3.05, 3.63) is 0 Å². The topological polar surface area (TPSA) is 18.5 Å². The fourth-order valence-corrected chi connectivity index (χ4v) is 8.31. The first-order valence-electron chi connectivity index (χ1n) is 7.64. The molecule has 0 atom stereocenters. The van der Waals surface area contributed by atoms with Gasteiger partial charge < -0.3 is 8.23 Å². The monoisotopic (exact) mass is 452 g/mol. The first-order valence-corrected chi connectivity index (χ1v) is 14.4. The van der Waals surface area contributed by atoms with Crippen LogP contribution in [0.5, 0.6) is 0 Å². The molecule has 0 amide bonds. The van der Waals surface area contributed by atoms with Gasteiger partial charge in [-0.05, 0) is 37.8 Å². The molecule has 156 valence electrons. The van der Waals surface area contributed by atoms with Gasteiger partial charge in [-0.2, -0.15) is 39.5 Å². The van der Waals surface area contributed by atoms with Gasteiger partial charge in [-0.3, -0.25) is 0 Å². The van der Waals surface area contributed by atoms with Crippen LogP contribution in [0.1, 0.15) is 19.3 Å². The van der Waals surface area contributed by atoms with Crippen molar-refractivity contribution < 1.29 is 47.7 Å². The lowest BCUT2D eigenvalue weighted by Crippen LogP contribution is -2.44. The van der Waals surface area contributed by atoms with Crippen molar-refractivity contribution in [3.8, 4) is 0 Å². The second kappa shape index (κ2) is 9.43.